The average molecular weight is 471 g/mol. The molecule has 0 aromatic heterocycles. The number of carbonyl (C=O) groups is 2. The van der Waals surface area contributed by atoms with Crippen molar-refractivity contribution in [2.24, 2.45) is 0 Å². The first-order valence-electron chi connectivity index (χ1n) is 9.72. The van der Waals surface area contributed by atoms with Gasteiger partial charge in [0.2, 0.25) is 5.91 Å². The van der Waals surface area contributed by atoms with Crippen LogP contribution in [0.1, 0.15) is 15.9 Å². The quantitative estimate of drug-likeness (QED) is 0.416. The summed E-state index contributed by atoms with van der Waals surface area (Å²) in [7, 11) is 3.11. The van der Waals surface area contributed by atoms with Crippen LogP contribution in [0, 0.1) is 6.92 Å². The van der Waals surface area contributed by atoms with Crippen LogP contribution in [0.3, 0.4) is 0 Å². The molecule has 0 fully saturated rings. The van der Waals surface area contributed by atoms with Gasteiger partial charge in [0.05, 0.1) is 25.7 Å². The molecule has 0 saturated carbocycles. The molecule has 166 valence electrons. The summed E-state index contributed by atoms with van der Waals surface area (Å²) >= 11 is 7.50. The minimum atomic E-state index is -0.209. The molecule has 0 heterocycles. The maximum Gasteiger partial charge on any atom is 0.255 e. The van der Waals surface area contributed by atoms with Gasteiger partial charge in [0.25, 0.3) is 5.91 Å². The summed E-state index contributed by atoms with van der Waals surface area (Å²) in [6, 6.07) is 17.6. The molecule has 8 heteroatoms. The van der Waals surface area contributed by atoms with Crippen LogP contribution in [0.5, 0.6) is 11.5 Å². The van der Waals surface area contributed by atoms with Gasteiger partial charge in [-0.25, -0.2) is 0 Å². The molecule has 0 unspecified atom stereocenters. The summed E-state index contributed by atoms with van der Waals surface area (Å²) < 4.78 is 10.4. The van der Waals surface area contributed by atoms with Gasteiger partial charge in [0.1, 0.15) is 11.5 Å². The second-order valence-electron chi connectivity index (χ2n) is 6.85. The highest BCUT2D eigenvalue weighted by Crippen LogP contribution is 2.31. The van der Waals surface area contributed by atoms with Crippen LogP contribution >= 0.6 is 23.4 Å². The summed E-state index contributed by atoms with van der Waals surface area (Å²) in [5.41, 5.74) is 2.63. The van der Waals surface area contributed by atoms with Gasteiger partial charge in [-0.15, -0.1) is 11.8 Å². The number of amides is 2. The van der Waals surface area contributed by atoms with Crippen LogP contribution in [0.2, 0.25) is 5.02 Å². The van der Waals surface area contributed by atoms with Gasteiger partial charge in [-0.1, -0.05) is 11.6 Å². The van der Waals surface area contributed by atoms with Crippen molar-refractivity contribution < 1.29 is 19.1 Å². The van der Waals surface area contributed by atoms with E-state index in [1.54, 1.807) is 55.6 Å². The first-order chi connectivity index (χ1) is 15.4. The first-order valence-corrected chi connectivity index (χ1v) is 11.1. The number of ether oxygens (including phenoxy) is 2. The van der Waals surface area contributed by atoms with E-state index in [9.17, 15) is 9.59 Å². The Labute approximate surface area is 196 Å². The zero-order valence-electron chi connectivity index (χ0n) is 17.9. The van der Waals surface area contributed by atoms with E-state index in [1.165, 1.54) is 18.9 Å². The number of anilines is 2. The Balaban J connectivity index is 1.54. The molecule has 0 bridgehead atoms. The van der Waals surface area contributed by atoms with E-state index in [4.69, 9.17) is 21.1 Å². The van der Waals surface area contributed by atoms with E-state index in [0.29, 0.717) is 33.5 Å². The van der Waals surface area contributed by atoms with Crippen LogP contribution in [0.25, 0.3) is 0 Å². The Bertz CT molecular complexity index is 1100. The number of hydrogen-bond donors (Lipinski definition) is 2. The van der Waals surface area contributed by atoms with Gasteiger partial charge in [-0.3, -0.25) is 9.59 Å². The van der Waals surface area contributed by atoms with E-state index >= 15 is 0 Å². The molecule has 0 radical (unpaired) electrons. The number of methoxy groups -OCH3 is 2. The third-order valence-electron chi connectivity index (χ3n) is 4.59. The lowest BCUT2D eigenvalue weighted by Gasteiger charge is -2.12. The fourth-order valence-electron chi connectivity index (χ4n) is 2.85. The van der Waals surface area contributed by atoms with Gasteiger partial charge in [0.15, 0.2) is 0 Å². The average Bonchev–Trinajstić information content (AvgIpc) is 2.80. The number of rotatable bonds is 8. The van der Waals surface area contributed by atoms with E-state index in [2.05, 4.69) is 10.6 Å². The van der Waals surface area contributed by atoms with Crippen LogP contribution in [0.15, 0.2) is 65.6 Å². The minimum absolute atomic E-state index is 0.160. The zero-order valence-corrected chi connectivity index (χ0v) is 19.5. The summed E-state index contributed by atoms with van der Waals surface area (Å²) in [6.07, 6.45) is 0. The number of hydrogen-bond acceptors (Lipinski definition) is 5. The molecular formula is C24H23ClN2O4S. The lowest BCUT2D eigenvalue weighted by Crippen LogP contribution is -2.15. The monoisotopic (exact) mass is 470 g/mol. The van der Waals surface area contributed by atoms with Crippen molar-refractivity contribution >= 4 is 46.6 Å². The fourth-order valence-corrected chi connectivity index (χ4v) is 3.70. The molecule has 0 spiro atoms. The third-order valence-corrected chi connectivity index (χ3v) is 6.01. The molecule has 0 saturated heterocycles. The Morgan fingerprint density at radius 2 is 1.62 bits per heavy atom. The maximum absolute atomic E-state index is 12.4. The molecule has 0 aliphatic rings. The van der Waals surface area contributed by atoms with Crippen molar-refractivity contribution in [3.63, 3.8) is 0 Å². The predicted octanol–water partition coefficient (Wildman–Crippen LogP) is 5.65. The second kappa shape index (κ2) is 10.9. The number of carbonyl (C=O) groups excluding carboxylic acids is 2. The summed E-state index contributed by atoms with van der Waals surface area (Å²) in [6.45, 7) is 1.86. The van der Waals surface area contributed by atoms with E-state index in [-0.39, 0.29) is 17.6 Å². The highest BCUT2D eigenvalue weighted by atomic mass is 35.5. The van der Waals surface area contributed by atoms with E-state index in [0.717, 1.165) is 10.5 Å². The molecular weight excluding hydrogens is 448 g/mol. The lowest BCUT2D eigenvalue weighted by atomic mass is 10.2. The van der Waals surface area contributed by atoms with Crippen molar-refractivity contribution in [1.29, 1.82) is 0 Å². The standard InChI is InChI=1S/C24H23ClN2O4S/c1-15-12-21(22(31-3)13-20(15)25)27-23(28)14-32-19-10-6-17(7-11-19)26-24(29)16-4-8-18(30-2)9-5-16/h4-13H,14H2,1-3H3,(H,26,29)(H,27,28). The normalized spacial score (nSPS) is 10.4. The number of aryl methyl sites for hydroxylation is 1. The van der Waals surface area contributed by atoms with Gasteiger partial charge in [-0.2, -0.15) is 0 Å². The topological polar surface area (TPSA) is 76.7 Å². The molecule has 2 amide bonds. The molecule has 3 aromatic carbocycles. The van der Waals surface area contributed by atoms with Gasteiger partial charge >= 0.3 is 0 Å². The first kappa shape index (κ1) is 23.5. The van der Waals surface area contributed by atoms with Crippen molar-refractivity contribution in [3.8, 4) is 11.5 Å². The summed E-state index contributed by atoms with van der Waals surface area (Å²) in [4.78, 5) is 25.6. The maximum atomic E-state index is 12.4. The Hall–Kier alpha value is -3.16. The van der Waals surface area contributed by atoms with Crippen LogP contribution in [-0.2, 0) is 4.79 Å². The Morgan fingerprint density at radius 1 is 0.938 bits per heavy atom. The van der Waals surface area contributed by atoms with E-state index < -0.39 is 0 Å². The molecule has 6 nitrogen and oxygen atoms in total. The minimum Gasteiger partial charge on any atom is -0.497 e. The molecule has 3 aromatic rings. The predicted molar refractivity (Wildman–Crippen MR) is 129 cm³/mol. The molecule has 2 N–H and O–H groups in total. The number of nitrogens with one attached hydrogen (secondary N) is 2. The van der Waals surface area contributed by atoms with Crippen molar-refractivity contribution in [2.45, 2.75) is 11.8 Å². The van der Waals surface area contributed by atoms with Crippen molar-refractivity contribution in [1.82, 2.24) is 0 Å². The summed E-state index contributed by atoms with van der Waals surface area (Å²) in [5.74, 6) is 1.06. The fraction of sp³-hybridized carbons (Fsp3) is 0.167. The zero-order chi connectivity index (χ0) is 23.1. The van der Waals surface area contributed by atoms with Crippen LogP contribution < -0.4 is 20.1 Å². The highest BCUT2D eigenvalue weighted by molar-refractivity contribution is 8.00. The number of benzene rings is 3. The van der Waals surface area contributed by atoms with Gasteiger partial charge < -0.3 is 20.1 Å². The van der Waals surface area contributed by atoms with Crippen LogP contribution in [0.4, 0.5) is 11.4 Å². The van der Waals surface area contributed by atoms with Crippen molar-refractivity contribution in [3.05, 3.63) is 76.8 Å². The van der Waals surface area contributed by atoms with Gasteiger partial charge in [0, 0.05) is 27.2 Å². The molecule has 32 heavy (non-hydrogen) atoms. The van der Waals surface area contributed by atoms with Crippen LogP contribution in [-0.4, -0.2) is 31.8 Å². The molecule has 0 aliphatic carbocycles. The molecule has 0 aliphatic heterocycles. The lowest BCUT2D eigenvalue weighted by molar-refractivity contribution is -0.113. The largest absolute Gasteiger partial charge is 0.497 e. The van der Waals surface area contributed by atoms with E-state index in [1.807, 2.05) is 19.1 Å². The molecule has 0 atom stereocenters. The van der Waals surface area contributed by atoms with Crippen molar-refractivity contribution in [2.75, 3.05) is 30.6 Å². The number of halogens is 1. The highest BCUT2D eigenvalue weighted by Gasteiger charge is 2.11. The molecule has 3 rings (SSSR count). The Kier molecular flexibility index (Phi) is 8.03. The SMILES string of the molecule is COc1ccc(C(=O)Nc2ccc(SCC(=O)Nc3cc(C)c(Cl)cc3OC)cc2)cc1. The third kappa shape index (κ3) is 6.18. The van der Waals surface area contributed by atoms with Gasteiger partial charge in [-0.05, 0) is 67.1 Å². The Morgan fingerprint density at radius 3 is 2.25 bits per heavy atom. The second-order valence-corrected chi connectivity index (χ2v) is 8.30. The summed E-state index contributed by atoms with van der Waals surface area (Å²) in [5, 5.41) is 6.28. The smallest absolute Gasteiger partial charge is 0.255 e. The number of thioether (sulfide) groups is 1.